The van der Waals surface area contributed by atoms with Gasteiger partial charge in [0.25, 0.3) is 0 Å². The first-order valence-electron chi connectivity index (χ1n) is 7.59. The quantitative estimate of drug-likeness (QED) is 0.826. The van der Waals surface area contributed by atoms with Gasteiger partial charge in [-0.25, -0.2) is 0 Å². The SMILES string of the molecule is CCCCC1(c2cc(OC)ccc2O)CCCCC1. The summed E-state index contributed by atoms with van der Waals surface area (Å²) in [5, 5.41) is 10.3. The molecule has 1 aliphatic rings. The molecule has 0 heterocycles. The van der Waals surface area contributed by atoms with Crippen LogP contribution in [0.4, 0.5) is 0 Å². The van der Waals surface area contributed by atoms with Gasteiger partial charge in [-0.1, -0.05) is 39.0 Å². The highest BCUT2D eigenvalue weighted by atomic mass is 16.5. The molecular formula is C17H26O2. The number of rotatable bonds is 5. The van der Waals surface area contributed by atoms with E-state index in [1.807, 2.05) is 6.07 Å². The van der Waals surface area contributed by atoms with E-state index in [1.54, 1.807) is 13.2 Å². The fourth-order valence-electron chi connectivity index (χ4n) is 3.46. The van der Waals surface area contributed by atoms with E-state index in [1.165, 1.54) is 51.4 Å². The average Bonchev–Trinajstić information content (AvgIpc) is 2.46. The van der Waals surface area contributed by atoms with Gasteiger partial charge in [-0.2, -0.15) is 0 Å². The van der Waals surface area contributed by atoms with Gasteiger partial charge >= 0.3 is 0 Å². The molecule has 1 fully saturated rings. The van der Waals surface area contributed by atoms with Gasteiger partial charge in [0.05, 0.1) is 7.11 Å². The Kier molecular flexibility index (Phi) is 4.73. The van der Waals surface area contributed by atoms with Crippen LogP contribution in [0, 0.1) is 0 Å². The summed E-state index contributed by atoms with van der Waals surface area (Å²) in [6.07, 6.45) is 9.92. The van der Waals surface area contributed by atoms with Crippen molar-refractivity contribution in [1.29, 1.82) is 0 Å². The van der Waals surface area contributed by atoms with Gasteiger partial charge in [0.15, 0.2) is 0 Å². The maximum absolute atomic E-state index is 10.3. The number of phenolic OH excluding ortho intramolecular Hbond substituents is 1. The molecule has 0 unspecified atom stereocenters. The van der Waals surface area contributed by atoms with E-state index >= 15 is 0 Å². The molecular weight excluding hydrogens is 236 g/mol. The minimum absolute atomic E-state index is 0.173. The predicted octanol–water partition coefficient (Wildman–Crippen LogP) is 4.79. The Hall–Kier alpha value is -1.18. The first kappa shape index (κ1) is 14.2. The minimum atomic E-state index is 0.173. The van der Waals surface area contributed by atoms with E-state index in [-0.39, 0.29) is 5.41 Å². The summed E-state index contributed by atoms with van der Waals surface area (Å²) in [7, 11) is 1.69. The van der Waals surface area contributed by atoms with Crippen LogP contribution >= 0.6 is 0 Å². The van der Waals surface area contributed by atoms with Crippen molar-refractivity contribution in [3.8, 4) is 11.5 Å². The van der Waals surface area contributed by atoms with Crippen LogP contribution in [0.1, 0.15) is 63.9 Å². The molecule has 1 aromatic rings. The molecule has 1 aliphatic carbocycles. The summed E-state index contributed by atoms with van der Waals surface area (Å²) in [5.74, 6) is 1.30. The van der Waals surface area contributed by atoms with Crippen molar-refractivity contribution >= 4 is 0 Å². The van der Waals surface area contributed by atoms with Crippen LogP contribution in [-0.4, -0.2) is 12.2 Å². The maximum atomic E-state index is 10.3. The van der Waals surface area contributed by atoms with Gasteiger partial charge in [0.1, 0.15) is 11.5 Å². The van der Waals surface area contributed by atoms with Crippen LogP contribution in [0.25, 0.3) is 0 Å². The fraction of sp³-hybridized carbons (Fsp3) is 0.647. The third-order valence-corrected chi connectivity index (χ3v) is 4.59. The Morgan fingerprint density at radius 1 is 1.21 bits per heavy atom. The monoisotopic (exact) mass is 262 g/mol. The van der Waals surface area contributed by atoms with Crippen molar-refractivity contribution < 1.29 is 9.84 Å². The van der Waals surface area contributed by atoms with Gasteiger partial charge in [0.2, 0.25) is 0 Å². The summed E-state index contributed by atoms with van der Waals surface area (Å²) in [4.78, 5) is 0. The normalized spacial score (nSPS) is 18.2. The highest BCUT2D eigenvalue weighted by molar-refractivity contribution is 5.44. The minimum Gasteiger partial charge on any atom is -0.508 e. The van der Waals surface area contributed by atoms with E-state index in [9.17, 15) is 5.11 Å². The van der Waals surface area contributed by atoms with Crippen LogP contribution in [0.2, 0.25) is 0 Å². The molecule has 106 valence electrons. The van der Waals surface area contributed by atoms with E-state index in [2.05, 4.69) is 13.0 Å². The van der Waals surface area contributed by atoms with Crippen molar-refractivity contribution in [3.63, 3.8) is 0 Å². The highest BCUT2D eigenvalue weighted by Gasteiger charge is 2.35. The van der Waals surface area contributed by atoms with E-state index in [0.717, 1.165) is 11.3 Å². The van der Waals surface area contributed by atoms with Crippen molar-refractivity contribution in [3.05, 3.63) is 23.8 Å². The molecule has 2 rings (SSSR count). The summed E-state index contributed by atoms with van der Waals surface area (Å²) < 4.78 is 5.34. The van der Waals surface area contributed by atoms with Gasteiger partial charge in [-0.05, 0) is 42.9 Å². The van der Waals surface area contributed by atoms with Crippen LogP contribution in [0.5, 0.6) is 11.5 Å². The van der Waals surface area contributed by atoms with E-state index in [4.69, 9.17) is 4.74 Å². The smallest absolute Gasteiger partial charge is 0.119 e. The zero-order chi connectivity index (χ0) is 13.7. The number of unbranched alkanes of at least 4 members (excludes halogenated alkanes) is 1. The summed E-state index contributed by atoms with van der Waals surface area (Å²) >= 11 is 0. The van der Waals surface area contributed by atoms with Crippen molar-refractivity contribution in [1.82, 2.24) is 0 Å². The van der Waals surface area contributed by atoms with E-state index < -0.39 is 0 Å². The van der Waals surface area contributed by atoms with Crippen LogP contribution in [-0.2, 0) is 5.41 Å². The summed E-state index contributed by atoms with van der Waals surface area (Å²) in [5.41, 5.74) is 1.28. The van der Waals surface area contributed by atoms with Crippen LogP contribution in [0.15, 0.2) is 18.2 Å². The number of benzene rings is 1. The van der Waals surface area contributed by atoms with Crippen LogP contribution in [0.3, 0.4) is 0 Å². The number of aromatic hydroxyl groups is 1. The molecule has 1 N–H and O–H groups in total. The number of hydrogen-bond acceptors (Lipinski definition) is 2. The summed E-state index contributed by atoms with van der Waals surface area (Å²) in [6, 6.07) is 5.68. The van der Waals surface area contributed by atoms with Gasteiger partial charge < -0.3 is 9.84 Å². The molecule has 2 nitrogen and oxygen atoms in total. The zero-order valence-corrected chi connectivity index (χ0v) is 12.2. The Morgan fingerprint density at radius 3 is 2.58 bits per heavy atom. The molecule has 1 aromatic carbocycles. The van der Waals surface area contributed by atoms with Gasteiger partial charge in [-0.15, -0.1) is 0 Å². The molecule has 1 saturated carbocycles. The number of methoxy groups -OCH3 is 1. The molecule has 19 heavy (non-hydrogen) atoms. The lowest BCUT2D eigenvalue weighted by atomic mass is 9.66. The lowest BCUT2D eigenvalue weighted by molar-refractivity contribution is 0.258. The molecule has 0 aromatic heterocycles. The van der Waals surface area contributed by atoms with Crippen molar-refractivity contribution in [2.45, 2.75) is 63.7 Å². The molecule has 0 amide bonds. The third-order valence-electron chi connectivity index (χ3n) is 4.59. The largest absolute Gasteiger partial charge is 0.508 e. The second kappa shape index (κ2) is 6.31. The van der Waals surface area contributed by atoms with Crippen molar-refractivity contribution in [2.24, 2.45) is 0 Å². The topological polar surface area (TPSA) is 29.5 Å². The average molecular weight is 262 g/mol. The Bertz CT molecular complexity index is 406. The maximum Gasteiger partial charge on any atom is 0.119 e. The molecule has 0 atom stereocenters. The first-order chi connectivity index (χ1) is 9.22. The Morgan fingerprint density at radius 2 is 1.95 bits per heavy atom. The van der Waals surface area contributed by atoms with Gasteiger partial charge in [-0.3, -0.25) is 0 Å². The Balaban J connectivity index is 2.36. The second-order valence-corrected chi connectivity index (χ2v) is 5.83. The number of phenols is 1. The van der Waals surface area contributed by atoms with Crippen molar-refractivity contribution in [2.75, 3.05) is 7.11 Å². The summed E-state index contributed by atoms with van der Waals surface area (Å²) in [6.45, 7) is 2.24. The fourth-order valence-corrected chi connectivity index (χ4v) is 3.46. The molecule has 2 heteroatoms. The van der Waals surface area contributed by atoms with E-state index in [0.29, 0.717) is 5.75 Å². The first-order valence-corrected chi connectivity index (χ1v) is 7.59. The number of ether oxygens (including phenoxy) is 1. The lowest BCUT2D eigenvalue weighted by Gasteiger charge is -2.38. The van der Waals surface area contributed by atoms with Gasteiger partial charge in [0, 0.05) is 5.56 Å². The molecule has 0 aliphatic heterocycles. The standard InChI is InChI=1S/C17H26O2/c1-3-4-10-17(11-6-5-7-12-17)15-13-14(19-2)8-9-16(15)18/h8-9,13,18H,3-7,10-12H2,1-2H3. The molecule has 0 spiro atoms. The lowest BCUT2D eigenvalue weighted by Crippen LogP contribution is -2.29. The molecule has 0 radical (unpaired) electrons. The molecule has 0 bridgehead atoms. The third kappa shape index (κ3) is 3.05. The molecule has 0 saturated heterocycles. The Labute approximate surface area is 116 Å². The number of hydrogen-bond donors (Lipinski definition) is 1. The highest BCUT2D eigenvalue weighted by Crippen LogP contribution is 2.47. The zero-order valence-electron chi connectivity index (χ0n) is 12.2. The van der Waals surface area contributed by atoms with Crippen LogP contribution < -0.4 is 4.74 Å². The predicted molar refractivity (Wildman–Crippen MR) is 78.9 cm³/mol. The second-order valence-electron chi connectivity index (χ2n) is 5.83.